The molecule has 0 aromatic rings. The van der Waals surface area contributed by atoms with Crippen molar-refractivity contribution in [1.29, 1.82) is 0 Å². The van der Waals surface area contributed by atoms with Crippen LogP contribution in [0.25, 0.3) is 0 Å². The Morgan fingerprint density at radius 1 is 1.00 bits per heavy atom. The summed E-state index contributed by atoms with van der Waals surface area (Å²) in [6, 6.07) is 0.717. The molecule has 0 amide bonds. The highest BCUT2D eigenvalue weighted by atomic mass is 32.2. The van der Waals surface area contributed by atoms with Crippen LogP contribution in [0.5, 0.6) is 0 Å². The van der Waals surface area contributed by atoms with E-state index in [-0.39, 0.29) is 5.75 Å². The number of piperidine rings is 1. The minimum Gasteiger partial charge on any atom is -0.314 e. The van der Waals surface area contributed by atoms with Gasteiger partial charge in [0.2, 0.25) is 10.0 Å². The topological polar surface area (TPSA) is 61.4 Å². The van der Waals surface area contributed by atoms with Crippen molar-refractivity contribution < 1.29 is 8.42 Å². The van der Waals surface area contributed by atoms with Crippen molar-refractivity contribution in [3.8, 4) is 0 Å². The van der Waals surface area contributed by atoms with Gasteiger partial charge in [-0.05, 0) is 58.2 Å². The molecular formula is C14H29N3O2S. The molecule has 0 aromatic heterocycles. The van der Waals surface area contributed by atoms with Gasteiger partial charge < -0.3 is 10.2 Å². The summed E-state index contributed by atoms with van der Waals surface area (Å²) in [6.07, 6.45) is 8.09. The average Bonchev–Trinajstić information content (AvgIpc) is 3.23. The number of sulfonamides is 1. The van der Waals surface area contributed by atoms with Gasteiger partial charge in [0.15, 0.2) is 0 Å². The van der Waals surface area contributed by atoms with Gasteiger partial charge in [-0.3, -0.25) is 0 Å². The van der Waals surface area contributed by atoms with E-state index in [9.17, 15) is 8.42 Å². The SMILES string of the molecule is O=S(=O)(CCCCNC1CC1)NCCN1CCCCC1. The number of likely N-dealkylation sites (tertiary alicyclic amines) is 1. The van der Waals surface area contributed by atoms with Gasteiger partial charge in [-0.1, -0.05) is 6.42 Å². The quantitative estimate of drug-likeness (QED) is 0.589. The zero-order valence-electron chi connectivity index (χ0n) is 12.4. The number of nitrogens with zero attached hydrogens (tertiary/aromatic N) is 1. The van der Waals surface area contributed by atoms with Crippen molar-refractivity contribution in [3.05, 3.63) is 0 Å². The summed E-state index contributed by atoms with van der Waals surface area (Å²) in [5, 5.41) is 3.41. The lowest BCUT2D eigenvalue weighted by Crippen LogP contribution is -2.38. The van der Waals surface area contributed by atoms with Gasteiger partial charge in [0, 0.05) is 19.1 Å². The maximum absolute atomic E-state index is 11.8. The molecule has 1 saturated heterocycles. The number of hydrogen-bond donors (Lipinski definition) is 2. The van der Waals surface area contributed by atoms with Crippen molar-refractivity contribution in [2.24, 2.45) is 0 Å². The van der Waals surface area contributed by atoms with Crippen LogP contribution in [-0.2, 0) is 10.0 Å². The van der Waals surface area contributed by atoms with Crippen LogP contribution in [0.15, 0.2) is 0 Å². The lowest BCUT2D eigenvalue weighted by molar-refractivity contribution is 0.233. The molecule has 2 fully saturated rings. The third-order valence-electron chi connectivity index (χ3n) is 4.05. The first-order valence-corrected chi connectivity index (χ1v) is 9.74. The fourth-order valence-corrected chi connectivity index (χ4v) is 3.76. The minimum atomic E-state index is -3.07. The van der Waals surface area contributed by atoms with Gasteiger partial charge >= 0.3 is 0 Å². The van der Waals surface area contributed by atoms with E-state index in [2.05, 4.69) is 14.9 Å². The number of rotatable bonds is 10. The van der Waals surface area contributed by atoms with E-state index in [0.717, 1.165) is 39.0 Å². The lowest BCUT2D eigenvalue weighted by atomic mass is 10.1. The van der Waals surface area contributed by atoms with E-state index in [1.54, 1.807) is 0 Å². The summed E-state index contributed by atoms with van der Waals surface area (Å²) in [5.74, 6) is 0.263. The Morgan fingerprint density at radius 2 is 1.75 bits per heavy atom. The Labute approximate surface area is 123 Å². The van der Waals surface area contributed by atoms with Crippen LogP contribution in [0.4, 0.5) is 0 Å². The summed E-state index contributed by atoms with van der Waals surface area (Å²) >= 11 is 0. The Kier molecular flexibility index (Phi) is 6.74. The van der Waals surface area contributed by atoms with Crippen molar-refractivity contribution >= 4 is 10.0 Å². The molecule has 118 valence electrons. The highest BCUT2D eigenvalue weighted by Gasteiger charge is 2.19. The summed E-state index contributed by atoms with van der Waals surface area (Å²) in [4.78, 5) is 2.35. The van der Waals surface area contributed by atoms with Gasteiger partial charge in [-0.15, -0.1) is 0 Å². The van der Waals surface area contributed by atoms with Crippen LogP contribution in [0.1, 0.15) is 44.9 Å². The Bertz CT molecular complexity index is 363. The van der Waals surface area contributed by atoms with E-state index in [4.69, 9.17) is 0 Å². The molecule has 2 aliphatic rings. The molecule has 0 atom stereocenters. The van der Waals surface area contributed by atoms with Gasteiger partial charge in [-0.2, -0.15) is 0 Å². The van der Waals surface area contributed by atoms with Crippen molar-refractivity contribution in [3.63, 3.8) is 0 Å². The van der Waals surface area contributed by atoms with Crippen LogP contribution < -0.4 is 10.0 Å². The fourth-order valence-electron chi connectivity index (χ4n) is 2.63. The highest BCUT2D eigenvalue weighted by molar-refractivity contribution is 7.89. The van der Waals surface area contributed by atoms with Gasteiger partial charge in [0.25, 0.3) is 0 Å². The molecule has 2 rings (SSSR count). The van der Waals surface area contributed by atoms with E-state index >= 15 is 0 Å². The third kappa shape index (κ3) is 7.02. The lowest BCUT2D eigenvalue weighted by Gasteiger charge is -2.26. The second-order valence-electron chi connectivity index (χ2n) is 6.05. The Hall–Kier alpha value is -0.170. The summed E-state index contributed by atoms with van der Waals surface area (Å²) in [6.45, 7) is 4.60. The van der Waals surface area contributed by atoms with Crippen LogP contribution in [0.3, 0.4) is 0 Å². The predicted octanol–water partition coefficient (Wildman–Crippen LogP) is 0.924. The first-order chi connectivity index (χ1) is 9.66. The molecule has 6 heteroatoms. The van der Waals surface area contributed by atoms with E-state index in [0.29, 0.717) is 12.6 Å². The zero-order valence-corrected chi connectivity index (χ0v) is 13.3. The molecule has 1 aliphatic carbocycles. The fraction of sp³-hybridized carbons (Fsp3) is 1.00. The van der Waals surface area contributed by atoms with Crippen LogP contribution in [-0.4, -0.2) is 57.8 Å². The van der Waals surface area contributed by atoms with E-state index in [1.165, 1.54) is 32.1 Å². The molecule has 0 spiro atoms. The predicted molar refractivity (Wildman–Crippen MR) is 82.3 cm³/mol. The number of nitrogens with one attached hydrogen (secondary N) is 2. The van der Waals surface area contributed by atoms with Crippen LogP contribution in [0, 0.1) is 0 Å². The smallest absolute Gasteiger partial charge is 0.211 e. The van der Waals surface area contributed by atoms with Crippen LogP contribution in [0.2, 0.25) is 0 Å². The Balaban J connectivity index is 1.48. The molecule has 1 heterocycles. The molecule has 2 N–H and O–H groups in total. The van der Waals surface area contributed by atoms with E-state index < -0.39 is 10.0 Å². The molecule has 1 saturated carbocycles. The summed E-state index contributed by atoms with van der Waals surface area (Å²) in [7, 11) is -3.07. The first-order valence-electron chi connectivity index (χ1n) is 8.09. The molecular weight excluding hydrogens is 274 g/mol. The molecule has 0 unspecified atom stereocenters. The molecule has 5 nitrogen and oxygen atoms in total. The largest absolute Gasteiger partial charge is 0.314 e. The van der Waals surface area contributed by atoms with Gasteiger partial charge in [-0.25, -0.2) is 13.1 Å². The molecule has 20 heavy (non-hydrogen) atoms. The van der Waals surface area contributed by atoms with Crippen molar-refractivity contribution in [1.82, 2.24) is 14.9 Å². The highest BCUT2D eigenvalue weighted by Crippen LogP contribution is 2.18. The van der Waals surface area contributed by atoms with E-state index in [1.807, 2.05) is 0 Å². The molecule has 1 aliphatic heterocycles. The van der Waals surface area contributed by atoms with Gasteiger partial charge in [0.1, 0.15) is 0 Å². The molecule has 0 bridgehead atoms. The number of hydrogen-bond acceptors (Lipinski definition) is 4. The summed E-state index contributed by atoms with van der Waals surface area (Å²) < 4.78 is 26.4. The average molecular weight is 303 g/mol. The van der Waals surface area contributed by atoms with Gasteiger partial charge in [0.05, 0.1) is 5.75 Å². The zero-order chi connectivity index (χ0) is 14.3. The monoisotopic (exact) mass is 303 g/mol. The molecule has 0 radical (unpaired) electrons. The summed E-state index contributed by atoms with van der Waals surface area (Å²) in [5.41, 5.74) is 0. The maximum Gasteiger partial charge on any atom is 0.211 e. The number of unbranched alkanes of at least 4 members (excludes halogenated alkanes) is 1. The first kappa shape index (κ1) is 16.2. The maximum atomic E-state index is 11.8. The second-order valence-corrected chi connectivity index (χ2v) is 7.98. The van der Waals surface area contributed by atoms with Crippen molar-refractivity contribution in [2.75, 3.05) is 38.5 Å². The van der Waals surface area contributed by atoms with Crippen molar-refractivity contribution in [2.45, 2.75) is 51.0 Å². The normalized spacial score (nSPS) is 21.2. The standard InChI is InChI=1S/C14H29N3O2S/c18-20(19,13-5-2-8-15-14-6-7-14)16-9-12-17-10-3-1-4-11-17/h14-16H,1-13H2. The second kappa shape index (κ2) is 8.32. The third-order valence-corrected chi connectivity index (χ3v) is 5.52. The van der Waals surface area contributed by atoms with Crippen LogP contribution >= 0.6 is 0 Å². The minimum absolute atomic E-state index is 0.263. The molecule has 0 aromatic carbocycles. The Morgan fingerprint density at radius 3 is 2.45 bits per heavy atom.